The van der Waals surface area contributed by atoms with Gasteiger partial charge < -0.3 is 10.1 Å². The molecule has 0 unspecified atom stereocenters. The van der Waals surface area contributed by atoms with Crippen LogP contribution in [-0.2, 0) is 9.53 Å². The molecule has 0 aliphatic carbocycles. The van der Waals surface area contributed by atoms with Crippen molar-refractivity contribution in [3.8, 4) is 11.3 Å². The Balaban J connectivity index is 1.55. The first-order valence-corrected chi connectivity index (χ1v) is 11.4. The standard InChI is InChI=1S/C28H23F3N2O3/c1-3-16(2)17-8-10-18(11-9-17)24-14-20(19-6-4-5-7-22(19)32-24)28(35)36-15-25(34)33-23-13-12-21(29)26(30)27(23)31/h4-14,16H,3,15H2,1-2H3,(H,33,34)/t16-/m1/s1. The van der Waals surface area contributed by atoms with E-state index in [0.29, 0.717) is 28.6 Å². The van der Waals surface area contributed by atoms with Gasteiger partial charge in [-0.15, -0.1) is 0 Å². The molecule has 8 heteroatoms. The van der Waals surface area contributed by atoms with Crippen LogP contribution in [0.15, 0.2) is 66.7 Å². The number of esters is 1. The van der Waals surface area contributed by atoms with Crippen molar-refractivity contribution in [2.24, 2.45) is 0 Å². The zero-order chi connectivity index (χ0) is 25.8. The van der Waals surface area contributed by atoms with Crippen LogP contribution >= 0.6 is 0 Å². The van der Waals surface area contributed by atoms with Gasteiger partial charge in [0.25, 0.3) is 5.91 Å². The van der Waals surface area contributed by atoms with Crippen LogP contribution in [0.5, 0.6) is 0 Å². The van der Waals surface area contributed by atoms with Crippen molar-refractivity contribution in [2.45, 2.75) is 26.2 Å². The van der Waals surface area contributed by atoms with Gasteiger partial charge in [-0.05, 0) is 42.2 Å². The van der Waals surface area contributed by atoms with Crippen molar-refractivity contribution in [2.75, 3.05) is 11.9 Å². The number of anilines is 1. The molecular weight excluding hydrogens is 469 g/mol. The number of carbonyl (C=O) groups is 2. The number of halogens is 3. The van der Waals surface area contributed by atoms with Crippen LogP contribution in [0, 0.1) is 17.5 Å². The van der Waals surface area contributed by atoms with Crippen molar-refractivity contribution in [3.05, 3.63) is 95.3 Å². The summed E-state index contributed by atoms with van der Waals surface area (Å²) in [5.74, 6) is -5.91. The lowest BCUT2D eigenvalue weighted by molar-refractivity contribution is -0.119. The highest BCUT2D eigenvalue weighted by atomic mass is 19.2. The summed E-state index contributed by atoms with van der Waals surface area (Å²) >= 11 is 0. The van der Waals surface area contributed by atoms with E-state index in [0.717, 1.165) is 18.1 Å². The molecule has 1 aromatic heterocycles. The summed E-state index contributed by atoms with van der Waals surface area (Å²) in [7, 11) is 0. The predicted octanol–water partition coefficient (Wildman–Crippen LogP) is 6.63. The number of carbonyl (C=O) groups excluding carboxylic acids is 2. The summed E-state index contributed by atoms with van der Waals surface area (Å²) in [6, 6.07) is 18.1. The number of hydrogen-bond acceptors (Lipinski definition) is 4. The van der Waals surface area contributed by atoms with E-state index >= 15 is 0 Å². The second-order valence-electron chi connectivity index (χ2n) is 8.35. The summed E-state index contributed by atoms with van der Waals surface area (Å²) in [4.78, 5) is 29.8. The second kappa shape index (κ2) is 10.6. The summed E-state index contributed by atoms with van der Waals surface area (Å²) in [5, 5.41) is 2.61. The third-order valence-electron chi connectivity index (χ3n) is 5.97. The topological polar surface area (TPSA) is 68.3 Å². The fourth-order valence-corrected chi connectivity index (χ4v) is 3.73. The van der Waals surface area contributed by atoms with Gasteiger partial charge >= 0.3 is 5.97 Å². The van der Waals surface area contributed by atoms with Crippen molar-refractivity contribution >= 4 is 28.5 Å². The second-order valence-corrected chi connectivity index (χ2v) is 8.35. The largest absolute Gasteiger partial charge is 0.452 e. The van der Waals surface area contributed by atoms with E-state index < -0.39 is 41.6 Å². The van der Waals surface area contributed by atoms with Gasteiger partial charge in [0.05, 0.1) is 22.5 Å². The molecule has 0 radical (unpaired) electrons. The lowest BCUT2D eigenvalue weighted by Crippen LogP contribution is -2.22. The molecule has 0 spiro atoms. The van der Waals surface area contributed by atoms with E-state index in [-0.39, 0.29) is 5.56 Å². The fraction of sp³-hybridized carbons (Fsp3) is 0.179. The quantitative estimate of drug-likeness (QED) is 0.232. The molecule has 0 aliphatic heterocycles. The first-order chi connectivity index (χ1) is 17.3. The van der Waals surface area contributed by atoms with Gasteiger partial charge in [0.15, 0.2) is 24.1 Å². The Bertz CT molecular complexity index is 1440. The summed E-state index contributed by atoms with van der Waals surface area (Å²) < 4.78 is 45.4. The molecule has 1 heterocycles. The minimum atomic E-state index is -1.71. The van der Waals surface area contributed by atoms with E-state index in [1.807, 2.05) is 24.3 Å². The molecule has 0 aliphatic rings. The maximum Gasteiger partial charge on any atom is 0.339 e. The highest BCUT2D eigenvalue weighted by molar-refractivity contribution is 6.05. The Kier molecular flexibility index (Phi) is 7.33. The van der Waals surface area contributed by atoms with Crippen molar-refractivity contribution in [1.82, 2.24) is 4.98 Å². The Morgan fingerprint density at radius 1 is 0.972 bits per heavy atom. The smallest absolute Gasteiger partial charge is 0.339 e. The minimum absolute atomic E-state index is 0.202. The summed E-state index contributed by atoms with van der Waals surface area (Å²) in [6.07, 6.45) is 1.01. The normalized spacial score (nSPS) is 11.8. The van der Waals surface area contributed by atoms with E-state index in [9.17, 15) is 22.8 Å². The van der Waals surface area contributed by atoms with Gasteiger partial charge in [0.1, 0.15) is 0 Å². The lowest BCUT2D eigenvalue weighted by atomic mass is 9.96. The molecule has 1 N–H and O–H groups in total. The molecule has 4 rings (SSSR count). The van der Waals surface area contributed by atoms with Gasteiger partial charge in [-0.3, -0.25) is 4.79 Å². The van der Waals surface area contributed by atoms with E-state index in [4.69, 9.17) is 4.74 Å². The van der Waals surface area contributed by atoms with Gasteiger partial charge in [0.2, 0.25) is 0 Å². The molecule has 36 heavy (non-hydrogen) atoms. The highest BCUT2D eigenvalue weighted by Gasteiger charge is 2.19. The first-order valence-electron chi connectivity index (χ1n) is 11.4. The molecule has 0 fully saturated rings. The average molecular weight is 492 g/mol. The molecular formula is C28H23F3N2O3. The Morgan fingerprint density at radius 2 is 1.69 bits per heavy atom. The summed E-state index contributed by atoms with van der Waals surface area (Å²) in [6.45, 7) is 3.51. The number of aromatic nitrogens is 1. The average Bonchev–Trinajstić information content (AvgIpc) is 2.91. The minimum Gasteiger partial charge on any atom is -0.452 e. The van der Waals surface area contributed by atoms with Crippen LogP contribution in [0.3, 0.4) is 0 Å². The third-order valence-corrected chi connectivity index (χ3v) is 5.97. The number of nitrogens with one attached hydrogen (secondary N) is 1. The van der Waals surface area contributed by atoms with Crippen LogP contribution in [0.4, 0.5) is 18.9 Å². The zero-order valence-electron chi connectivity index (χ0n) is 19.6. The molecule has 5 nitrogen and oxygen atoms in total. The van der Waals surface area contributed by atoms with Gasteiger partial charge in [-0.2, -0.15) is 0 Å². The van der Waals surface area contributed by atoms with Crippen molar-refractivity contribution in [3.63, 3.8) is 0 Å². The number of fused-ring (bicyclic) bond motifs is 1. The van der Waals surface area contributed by atoms with E-state index in [2.05, 4.69) is 24.1 Å². The van der Waals surface area contributed by atoms with Gasteiger partial charge in [0, 0.05) is 10.9 Å². The Morgan fingerprint density at radius 3 is 2.42 bits per heavy atom. The molecule has 3 aromatic carbocycles. The zero-order valence-corrected chi connectivity index (χ0v) is 19.6. The monoisotopic (exact) mass is 492 g/mol. The SMILES string of the molecule is CC[C@@H](C)c1ccc(-c2cc(C(=O)OCC(=O)Nc3ccc(F)c(F)c3F)c3ccccc3n2)cc1. The molecule has 4 aromatic rings. The molecule has 0 saturated carbocycles. The molecule has 1 amide bonds. The number of pyridine rings is 1. The Labute approximate surface area is 205 Å². The predicted molar refractivity (Wildman–Crippen MR) is 131 cm³/mol. The first kappa shape index (κ1) is 24.9. The maximum absolute atomic E-state index is 13.8. The van der Waals surface area contributed by atoms with Crippen molar-refractivity contribution in [1.29, 1.82) is 0 Å². The van der Waals surface area contributed by atoms with Crippen LogP contribution in [0.2, 0.25) is 0 Å². The number of nitrogens with zero attached hydrogens (tertiary/aromatic N) is 1. The van der Waals surface area contributed by atoms with Gasteiger partial charge in [-0.25, -0.2) is 22.9 Å². The van der Waals surface area contributed by atoms with E-state index in [1.54, 1.807) is 30.3 Å². The third kappa shape index (κ3) is 5.22. The molecule has 0 bridgehead atoms. The van der Waals surface area contributed by atoms with Gasteiger partial charge in [-0.1, -0.05) is 56.3 Å². The molecule has 0 saturated heterocycles. The maximum atomic E-state index is 13.8. The number of ether oxygens (including phenoxy) is 1. The highest BCUT2D eigenvalue weighted by Crippen LogP contribution is 2.28. The van der Waals surface area contributed by atoms with Crippen LogP contribution in [-0.4, -0.2) is 23.5 Å². The number of hydrogen-bond donors (Lipinski definition) is 1. The Hall–Kier alpha value is -4.20. The number of benzene rings is 3. The number of amides is 1. The van der Waals surface area contributed by atoms with Crippen LogP contribution in [0.25, 0.3) is 22.2 Å². The fourth-order valence-electron chi connectivity index (χ4n) is 3.73. The molecule has 1 atom stereocenters. The van der Waals surface area contributed by atoms with Crippen molar-refractivity contribution < 1.29 is 27.5 Å². The van der Waals surface area contributed by atoms with Crippen LogP contribution in [0.1, 0.15) is 42.1 Å². The molecule has 184 valence electrons. The number of para-hydroxylation sites is 1. The summed E-state index contributed by atoms with van der Waals surface area (Å²) in [5.41, 5.74) is 2.78. The lowest BCUT2D eigenvalue weighted by Gasteiger charge is -2.12. The van der Waals surface area contributed by atoms with E-state index in [1.165, 1.54) is 5.56 Å². The van der Waals surface area contributed by atoms with Crippen LogP contribution < -0.4 is 5.32 Å². The number of rotatable bonds is 7.